The Morgan fingerprint density at radius 2 is 2.19 bits per heavy atom. The van der Waals surface area contributed by atoms with Crippen LogP contribution in [0, 0.1) is 0 Å². The van der Waals surface area contributed by atoms with Gasteiger partial charge in [-0.2, -0.15) is 5.10 Å². The molecule has 4 rings (SSSR count). The number of rotatable bonds is 6. The van der Waals surface area contributed by atoms with Crippen molar-refractivity contribution in [2.75, 3.05) is 13.2 Å². The minimum absolute atomic E-state index is 0.0183. The molecule has 0 saturated carbocycles. The van der Waals surface area contributed by atoms with Crippen molar-refractivity contribution in [2.24, 2.45) is 0 Å². The van der Waals surface area contributed by atoms with Gasteiger partial charge >= 0.3 is 0 Å². The van der Waals surface area contributed by atoms with E-state index in [0.717, 1.165) is 16.3 Å². The molecule has 3 aromatic rings. The SMILES string of the molecule is O=C(Cc1cccs1)N1Cc2ccnn2C(COCc2ccccn2)C1. The van der Waals surface area contributed by atoms with Crippen LogP contribution in [0.2, 0.25) is 0 Å². The Hall–Kier alpha value is -2.51. The fourth-order valence-electron chi connectivity index (χ4n) is 3.16. The molecule has 0 bridgehead atoms. The van der Waals surface area contributed by atoms with Crippen molar-refractivity contribution in [3.8, 4) is 0 Å². The van der Waals surface area contributed by atoms with Crippen molar-refractivity contribution in [3.63, 3.8) is 0 Å². The molecule has 7 heteroatoms. The van der Waals surface area contributed by atoms with E-state index in [9.17, 15) is 4.79 Å². The summed E-state index contributed by atoms with van der Waals surface area (Å²) in [6.07, 6.45) is 4.00. The highest BCUT2D eigenvalue weighted by molar-refractivity contribution is 7.10. The first-order chi connectivity index (χ1) is 12.8. The third kappa shape index (κ3) is 3.84. The molecule has 1 amide bonds. The lowest BCUT2D eigenvalue weighted by atomic mass is 10.2. The van der Waals surface area contributed by atoms with Crippen LogP contribution in [0.1, 0.15) is 22.3 Å². The van der Waals surface area contributed by atoms with Crippen molar-refractivity contribution in [1.82, 2.24) is 19.7 Å². The number of hydrogen-bond donors (Lipinski definition) is 0. The summed E-state index contributed by atoms with van der Waals surface area (Å²) in [4.78, 5) is 20.0. The molecule has 0 N–H and O–H groups in total. The number of ether oxygens (including phenoxy) is 1. The molecule has 0 fully saturated rings. The molecule has 1 unspecified atom stereocenters. The number of pyridine rings is 1. The zero-order valence-electron chi connectivity index (χ0n) is 14.3. The molecule has 0 aliphatic carbocycles. The van der Waals surface area contributed by atoms with Crippen LogP contribution in [0.3, 0.4) is 0 Å². The summed E-state index contributed by atoms with van der Waals surface area (Å²) in [6.45, 7) is 2.16. The Kier molecular flexibility index (Phi) is 5.08. The highest BCUT2D eigenvalue weighted by Crippen LogP contribution is 2.22. The molecule has 4 heterocycles. The number of carbonyl (C=O) groups is 1. The predicted octanol–water partition coefficient (Wildman–Crippen LogP) is 2.68. The average Bonchev–Trinajstić information content (AvgIpc) is 3.34. The first kappa shape index (κ1) is 16.9. The number of hydrogen-bond acceptors (Lipinski definition) is 5. The molecule has 0 spiro atoms. The summed E-state index contributed by atoms with van der Waals surface area (Å²) in [5.74, 6) is 0.148. The normalized spacial score (nSPS) is 16.5. The summed E-state index contributed by atoms with van der Waals surface area (Å²) in [7, 11) is 0. The number of nitrogens with zero attached hydrogens (tertiary/aromatic N) is 4. The molecule has 0 saturated heterocycles. The molecule has 1 aliphatic heterocycles. The first-order valence-corrected chi connectivity index (χ1v) is 9.48. The Bertz CT molecular complexity index is 848. The summed E-state index contributed by atoms with van der Waals surface area (Å²) < 4.78 is 7.84. The Morgan fingerprint density at radius 1 is 1.23 bits per heavy atom. The second-order valence-electron chi connectivity index (χ2n) is 6.29. The number of amides is 1. The van der Waals surface area contributed by atoms with Gasteiger partial charge in [0.25, 0.3) is 0 Å². The van der Waals surface area contributed by atoms with Gasteiger partial charge in [0.1, 0.15) is 0 Å². The topological polar surface area (TPSA) is 60.2 Å². The van der Waals surface area contributed by atoms with Gasteiger partial charge in [-0.3, -0.25) is 14.5 Å². The zero-order valence-corrected chi connectivity index (χ0v) is 15.1. The van der Waals surface area contributed by atoms with Gasteiger partial charge in [-0.1, -0.05) is 12.1 Å². The largest absolute Gasteiger partial charge is 0.373 e. The second-order valence-corrected chi connectivity index (χ2v) is 7.32. The van der Waals surface area contributed by atoms with E-state index in [1.165, 1.54) is 0 Å². The summed E-state index contributed by atoms with van der Waals surface area (Å²) >= 11 is 1.62. The van der Waals surface area contributed by atoms with E-state index in [1.54, 1.807) is 23.7 Å². The quantitative estimate of drug-likeness (QED) is 0.671. The molecular formula is C19H20N4O2S. The van der Waals surface area contributed by atoms with E-state index in [0.29, 0.717) is 32.7 Å². The van der Waals surface area contributed by atoms with E-state index in [-0.39, 0.29) is 11.9 Å². The average molecular weight is 368 g/mol. The van der Waals surface area contributed by atoms with Crippen molar-refractivity contribution in [2.45, 2.75) is 25.6 Å². The van der Waals surface area contributed by atoms with E-state index in [1.807, 2.05) is 51.4 Å². The van der Waals surface area contributed by atoms with Crippen LogP contribution in [-0.2, 0) is 29.1 Å². The molecular weight excluding hydrogens is 348 g/mol. The van der Waals surface area contributed by atoms with Gasteiger partial charge in [0.05, 0.1) is 43.6 Å². The lowest BCUT2D eigenvalue weighted by Crippen LogP contribution is -2.43. The Labute approximate surface area is 156 Å². The molecule has 0 radical (unpaired) electrons. The Balaban J connectivity index is 1.40. The van der Waals surface area contributed by atoms with Crippen LogP contribution in [0.25, 0.3) is 0 Å². The monoisotopic (exact) mass is 368 g/mol. The van der Waals surface area contributed by atoms with Crippen LogP contribution in [0.4, 0.5) is 0 Å². The van der Waals surface area contributed by atoms with Gasteiger partial charge < -0.3 is 9.64 Å². The summed E-state index contributed by atoms with van der Waals surface area (Å²) in [5.41, 5.74) is 1.94. The molecule has 1 atom stereocenters. The van der Waals surface area contributed by atoms with Crippen molar-refractivity contribution >= 4 is 17.2 Å². The maximum absolute atomic E-state index is 12.7. The van der Waals surface area contributed by atoms with Crippen molar-refractivity contribution in [3.05, 3.63) is 70.4 Å². The molecule has 134 valence electrons. The molecule has 0 aromatic carbocycles. The highest BCUT2D eigenvalue weighted by Gasteiger charge is 2.28. The lowest BCUT2D eigenvalue weighted by Gasteiger charge is -2.33. The third-order valence-corrected chi connectivity index (χ3v) is 5.30. The van der Waals surface area contributed by atoms with Gasteiger partial charge in [-0.25, -0.2) is 0 Å². The predicted molar refractivity (Wildman–Crippen MR) is 98.6 cm³/mol. The smallest absolute Gasteiger partial charge is 0.228 e. The first-order valence-electron chi connectivity index (χ1n) is 8.60. The van der Waals surface area contributed by atoms with E-state index >= 15 is 0 Å². The van der Waals surface area contributed by atoms with Gasteiger partial charge in [0.2, 0.25) is 5.91 Å². The van der Waals surface area contributed by atoms with E-state index in [4.69, 9.17) is 4.74 Å². The maximum Gasteiger partial charge on any atom is 0.228 e. The molecule has 6 nitrogen and oxygen atoms in total. The fraction of sp³-hybridized carbons (Fsp3) is 0.316. The minimum Gasteiger partial charge on any atom is -0.373 e. The van der Waals surface area contributed by atoms with Crippen LogP contribution in [0.15, 0.2) is 54.2 Å². The number of carbonyl (C=O) groups excluding carboxylic acids is 1. The number of thiophene rings is 1. The number of aromatic nitrogens is 3. The van der Waals surface area contributed by atoms with Gasteiger partial charge in [-0.15, -0.1) is 11.3 Å². The second kappa shape index (κ2) is 7.80. The maximum atomic E-state index is 12.7. The van der Waals surface area contributed by atoms with Gasteiger partial charge in [0.15, 0.2) is 0 Å². The molecule has 3 aromatic heterocycles. The van der Waals surface area contributed by atoms with Crippen molar-refractivity contribution < 1.29 is 9.53 Å². The molecule has 1 aliphatic rings. The standard InChI is InChI=1S/C19H20N4O2S/c24-19(10-18-5-3-9-26-18)22-11-16-6-8-21-23(16)17(12-22)14-25-13-15-4-1-2-7-20-15/h1-9,17H,10-14H2. The number of fused-ring (bicyclic) bond motifs is 1. The van der Waals surface area contributed by atoms with Crippen LogP contribution in [0.5, 0.6) is 0 Å². The minimum atomic E-state index is 0.0183. The van der Waals surface area contributed by atoms with Crippen molar-refractivity contribution in [1.29, 1.82) is 0 Å². The fourth-order valence-corrected chi connectivity index (χ4v) is 3.85. The van der Waals surface area contributed by atoms with Gasteiger partial charge in [0, 0.05) is 23.8 Å². The molecule has 26 heavy (non-hydrogen) atoms. The van der Waals surface area contributed by atoms with E-state index < -0.39 is 0 Å². The summed E-state index contributed by atoms with van der Waals surface area (Å²) in [5, 5.41) is 6.42. The lowest BCUT2D eigenvalue weighted by molar-refractivity contribution is -0.133. The highest BCUT2D eigenvalue weighted by atomic mass is 32.1. The van der Waals surface area contributed by atoms with Gasteiger partial charge in [-0.05, 0) is 29.6 Å². The van der Waals surface area contributed by atoms with E-state index in [2.05, 4.69) is 10.1 Å². The van der Waals surface area contributed by atoms with Crippen LogP contribution < -0.4 is 0 Å². The van der Waals surface area contributed by atoms with Crippen LogP contribution >= 0.6 is 11.3 Å². The zero-order chi connectivity index (χ0) is 17.8. The van der Waals surface area contributed by atoms with Crippen LogP contribution in [-0.4, -0.2) is 38.7 Å². The Morgan fingerprint density at radius 3 is 3.00 bits per heavy atom. The third-order valence-electron chi connectivity index (χ3n) is 4.43. The summed E-state index contributed by atoms with van der Waals surface area (Å²) in [6, 6.07) is 11.7.